The van der Waals surface area contributed by atoms with Crippen LogP contribution in [-0.4, -0.2) is 4.57 Å². The molecule has 262 valence electrons. The number of hydrogen-bond donors (Lipinski definition) is 0. The van der Waals surface area contributed by atoms with Crippen LogP contribution < -0.4 is 4.90 Å². The van der Waals surface area contributed by atoms with Gasteiger partial charge >= 0.3 is 0 Å². The summed E-state index contributed by atoms with van der Waals surface area (Å²) in [6.07, 6.45) is 0. The molecular formula is C54H36N2. The van der Waals surface area contributed by atoms with Gasteiger partial charge in [-0.3, -0.25) is 0 Å². The Morgan fingerprint density at radius 1 is 0.268 bits per heavy atom. The Morgan fingerprint density at radius 2 is 0.714 bits per heavy atom. The van der Waals surface area contributed by atoms with Crippen LogP contribution in [0.5, 0.6) is 0 Å². The minimum atomic E-state index is 1.10. The number of para-hydroxylation sites is 2. The molecule has 1 heterocycles. The van der Waals surface area contributed by atoms with E-state index in [1.165, 1.54) is 76.4 Å². The third kappa shape index (κ3) is 5.19. The molecule has 11 aromatic rings. The van der Waals surface area contributed by atoms with Crippen molar-refractivity contribution in [3.8, 4) is 27.9 Å². The van der Waals surface area contributed by atoms with Crippen molar-refractivity contribution in [2.45, 2.75) is 0 Å². The number of rotatable bonds is 6. The molecule has 0 aliphatic rings. The minimum absolute atomic E-state index is 1.10. The van der Waals surface area contributed by atoms with Crippen molar-refractivity contribution in [1.82, 2.24) is 4.57 Å². The number of benzene rings is 10. The first kappa shape index (κ1) is 32.0. The summed E-state index contributed by atoms with van der Waals surface area (Å²) in [6, 6.07) is 79.4. The first-order chi connectivity index (χ1) is 27.8. The highest BCUT2D eigenvalue weighted by atomic mass is 15.1. The van der Waals surface area contributed by atoms with Crippen LogP contribution in [0.4, 0.5) is 17.1 Å². The smallest absolute Gasteiger partial charge is 0.0561 e. The standard InChI is InChI=1S/C54H36N2/c1-3-15-37(16-4-1)43-19-7-8-20-44(43)38-27-29-40(30-28-38)56-53-26-14-13-25-50(53)51-34-32-42(36-54(51)56)55(39-17-5-2-6-18-39)41-31-33-49-47-23-10-9-21-45(47)46-22-11-12-24-48(46)52(49)35-41/h1-36H. The van der Waals surface area contributed by atoms with Gasteiger partial charge in [0.15, 0.2) is 0 Å². The monoisotopic (exact) mass is 712 g/mol. The van der Waals surface area contributed by atoms with Crippen molar-refractivity contribution >= 4 is 71.2 Å². The lowest BCUT2D eigenvalue weighted by molar-refractivity contribution is 1.18. The van der Waals surface area contributed by atoms with Crippen LogP contribution in [0.2, 0.25) is 0 Å². The van der Waals surface area contributed by atoms with E-state index < -0.39 is 0 Å². The molecule has 0 fully saturated rings. The van der Waals surface area contributed by atoms with Gasteiger partial charge in [-0.1, -0.05) is 164 Å². The summed E-state index contributed by atoms with van der Waals surface area (Å²) in [5, 5.41) is 10.1. The predicted molar refractivity (Wildman–Crippen MR) is 239 cm³/mol. The van der Waals surface area contributed by atoms with Gasteiger partial charge in [0, 0.05) is 33.5 Å². The molecule has 1 aromatic heterocycles. The highest BCUT2D eigenvalue weighted by molar-refractivity contribution is 6.26. The molecular weight excluding hydrogens is 677 g/mol. The van der Waals surface area contributed by atoms with Gasteiger partial charge < -0.3 is 9.47 Å². The molecule has 0 aliphatic carbocycles. The second kappa shape index (κ2) is 13.2. The Bertz CT molecular complexity index is 3200. The Kier molecular flexibility index (Phi) is 7.53. The fraction of sp³-hybridized carbons (Fsp3) is 0. The van der Waals surface area contributed by atoms with Gasteiger partial charge in [-0.25, -0.2) is 0 Å². The van der Waals surface area contributed by atoms with Crippen molar-refractivity contribution in [3.63, 3.8) is 0 Å². The van der Waals surface area contributed by atoms with Crippen LogP contribution in [0.1, 0.15) is 0 Å². The van der Waals surface area contributed by atoms with Crippen LogP contribution in [0.25, 0.3) is 82.1 Å². The van der Waals surface area contributed by atoms with Crippen LogP contribution in [0, 0.1) is 0 Å². The summed E-state index contributed by atoms with van der Waals surface area (Å²) in [7, 11) is 0. The van der Waals surface area contributed by atoms with E-state index in [2.05, 4.69) is 228 Å². The van der Waals surface area contributed by atoms with E-state index in [4.69, 9.17) is 0 Å². The first-order valence-electron chi connectivity index (χ1n) is 19.3. The van der Waals surface area contributed by atoms with Crippen molar-refractivity contribution in [2.75, 3.05) is 4.90 Å². The number of hydrogen-bond acceptors (Lipinski definition) is 1. The van der Waals surface area contributed by atoms with Gasteiger partial charge in [0.25, 0.3) is 0 Å². The normalized spacial score (nSPS) is 11.6. The number of anilines is 3. The first-order valence-corrected chi connectivity index (χ1v) is 19.3. The molecule has 0 amide bonds. The van der Waals surface area contributed by atoms with E-state index in [1.807, 2.05) is 0 Å². The van der Waals surface area contributed by atoms with E-state index >= 15 is 0 Å². The Hall–Kier alpha value is -7.42. The molecule has 0 saturated heterocycles. The van der Waals surface area contributed by atoms with Crippen molar-refractivity contribution in [1.29, 1.82) is 0 Å². The maximum atomic E-state index is 2.42. The van der Waals surface area contributed by atoms with Gasteiger partial charge in [-0.15, -0.1) is 0 Å². The molecule has 10 aromatic carbocycles. The lowest BCUT2D eigenvalue weighted by Crippen LogP contribution is -2.10. The quantitative estimate of drug-likeness (QED) is 0.156. The SMILES string of the molecule is c1ccc(-c2ccccc2-c2ccc(-n3c4ccccc4c4ccc(N(c5ccccc5)c5ccc6c7ccccc7c7ccccc7c6c5)cc43)cc2)cc1. The summed E-state index contributed by atoms with van der Waals surface area (Å²) in [4.78, 5) is 2.40. The molecule has 0 N–H and O–H groups in total. The van der Waals surface area contributed by atoms with Gasteiger partial charge in [-0.05, 0) is 109 Å². The Morgan fingerprint density at radius 3 is 1.36 bits per heavy atom. The molecule has 0 spiro atoms. The molecule has 0 bridgehead atoms. The average molecular weight is 713 g/mol. The van der Waals surface area contributed by atoms with E-state index in [0.717, 1.165) is 22.7 Å². The Labute approximate surface area is 325 Å². The van der Waals surface area contributed by atoms with E-state index in [-0.39, 0.29) is 0 Å². The maximum Gasteiger partial charge on any atom is 0.0561 e. The topological polar surface area (TPSA) is 8.17 Å². The van der Waals surface area contributed by atoms with Gasteiger partial charge in [0.05, 0.1) is 11.0 Å². The minimum Gasteiger partial charge on any atom is -0.310 e. The van der Waals surface area contributed by atoms with Crippen molar-refractivity contribution < 1.29 is 0 Å². The molecule has 2 heteroatoms. The fourth-order valence-corrected chi connectivity index (χ4v) is 8.83. The second-order valence-electron chi connectivity index (χ2n) is 14.5. The zero-order valence-electron chi connectivity index (χ0n) is 30.7. The summed E-state index contributed by atoms with van der Waals surface area (Å²) in [6.45, 7) is 0. The highest BCUT2D eigenvalue weighted by Crippen LogP contribution is 2.43. The second-order valence-corrected chi connectivity index (χ2v) is 14.5. The van der Waals surface area contributed by atoms with Crippen LogP contribution >= 0.6 is 0 Å². The molecule has 2 nitrogen and oxygen atoms in total. The summed E-state index contributed by atoms with van der Waals surface area (Å²) in [5.41, 5.74) is 11.7. The van der Waals surface area contributed by atoms with Crippen molar-refractivity contribution in [3.05, 3.63) is 218 Å². The molecule has 0 radical (unpaired) electrons. The molecule has 0 aliphatic heterocycles. The summed E-state index contributed by atoms with van der Waals surface area (Å²) >= 11 is 0. The number of nitrogens with zero attached hydrogens (tertiary/aromatic N) is 2. The van der Waals surface area contributed by atoms with Gasteiger partial charge in [-0.2, -0.15) is 0 Å². The molecule has 11 rings (SSSR count). The molecule has 56 heavy (non-hydrogen) atoms. The van der Waals surface area contributed by atoms with Crippen LogP contribution in [0.15, 0.2) is 218 Å². The summed E-state index contributed by atoms with van der Waals surface area (Å²) in [5.74, 6) is 0. The van der Waals surface area contributed by atoms with Crippen LogP contribution in [-0.2, 0) is 0 Å². The van der Waals surface area contributed by atoms with E-state index in [9.17, 15) is 0 Å². The average Bonchev–Trinajstić information content (AvgIpc) is 3.61. The predicted octanol–water partition coefficient (Wildman–Crippen LogP) is 15.0. The third-order valence-electron chi connectivity index (χ3n) is 11.4. The zero-order chi connectivity index (χ0) is 37.0. The third-order valence-corrected chi connectivity index (χ3v) is 11.4. The van der Waals surface area contributed by atoms with Gasteiger partial charge in [0.2, 0.25) is 0 Å². The summed E-state index contributed by atoms with van der Waals surface area (Å²) < 4.78 is 2.42. The molecule has 0 saturated carbocycles. The van der Waals surface area contributed by atoms with Gasteiger partial charge in [0.1, 0.15) is 0 Å². The lowest BCUT2D eigenvalue weighted by Gasteiger charge is -2.26. The van der Waals surface area contributed by atoms with E-state index in [0.29, 0.717) is 0 Å². The largest absolute Gasteiger partial charge is 0.310 e. The van der Waals surface area contributed by atoms with Crippen LogP contribution in [0.3, 0.4) is 0 Å². The maximum absolute atomic E-state index is 2.42. The zero-order valence-corrected chi connectivity index (χ0v) is 30.7. The number of fused-ring (bicyclic) bond motifs is 9. The van der Waals surface area contributed by atoms with E-state index in [1.54, 1.807) is 0 Å². The lowest BCUT2D eigenvalue weighted by atomic mass is 9.94. The fourth-order valence-electron chi connectivity index (χ4n) is 8.83. The molecule has 0 unspecified atom stereocenters. The highest BCUT2D eigenvalue weighted by Gasteiger charge is 2.19. The van der Waals surface area contributed by atoms with Crippen molar-refractivity contribution in [2.24, 2.45) is 0 Å². The molecule has 0 atom stereocenters. The number of aromatic nitrogens is 1. The Balaban J connectivity index is 1.09.